The third kappa shape index (κ3) is 3.86. The van der Waals surface area contributed by atoms with Gasteiger partial charge in [0.1, 0.15) is 0 Å². The standard InChI is InChI=1S/C19H22N4O2.ClH/c1-11-5-7-13(8-6-11)15-9-14(17(24)22-19(3,4)10-20)16-12(2)23-25-18(16)21-15;/h5-9H,10,20H2,1-4H3,(H,22,24);1H. The number of carbonyl (C=O) groups excluding carboxylic acids is 1. The zero-order valence-corrected chi connectivity index (χ0v) is 16.1. The first kappa shape index (κ1) is 19.9. The van der Waals surface area contributed by atoms with E-state index in [1.165, 1.54) is 0 Å². The van der Waals surface area contributed by atoms with Crippen molar-refractivity contribution in [2.45, 2.75) is 33.2 Å². The molecule has 1 aromatic carbocycles. The highest BCUT2D eigenvalue weighted by molar-refractivity contribution is 6.07. The van der Waals surface area contributed by atoms with Gasteiger partial charge in [0, 0.05) is 17.6 Å². The van der Waals surface area contributed by atoms with Crippen molar-refractivity contribution in [3.8, 4) is 11.3 Å². The molecule has 2 aromatic heterocycles. The van der Waals surface area contributed by atoms with E-state index in [1.807, 2.05) is 45.0 Å². The van der Waals surface area contributed by atoms with Crippen molar-refractivity contribution in [3.05, 3.63) is 47.2 Å². The average molecular weight is 375 g/mol. The average Bonchev–Trinajstić information content (AvgIpc) is 2.95. The molecule has 138 valence electrons. The lowest BCUT2D eigenvalue weighted by atomic mass is 10.0. The lowest BCUT2D eigenvalue weighted by molar-refractivity contribution is 0.0917. The minimum absolute atomic E-state index is 0. The number of aryl methyl sites for hydroxylation is 2. The van der Waals surface area contributed by atoms with Crippen LogP contribution in [0.3, 0.4) is 0 Å². The summed E-state index contributed by atoms with van der Waals surface area (Å²) in [5, 5.41) is 7.55. The highest BCUT2D eigenvalue weighted by Gasteiger charge is 2.24. The lowest BCUT2D eigenvalue weighted by Crippen LogP contribution is -2.48. The van der Waals surface area contributed by atoms with Crippen LogP contribution < -0.4 is 11.1 Å². The number of benzene rings is 1. The minimum atomic E-state index is -0.512. The predicted octanol–water partition coefficient (Wildman–Crippen LogP) is 3.40. The second-order valence-electron chi connectivity index (χ2n) is 6.91. The van der Waals surface area contributed by atoms with E-state index in [1.54, 1.807) is 13.0 Å². The van der Waals surface area contributed by atoms with Crippen molar-refractivity contribution in [2.75, 3.05) is 6.54 Å². The molecule has 0 aliphatic heterocycles. The van der Waals surface area contributed by atoms with Crippen molar-refractivity contribution < 1.29 is 9.32 Å². The number of pyridine rings is 1. The number of carbonyl (C=O) groups is 1. The number of nitrogens with two attached hydrogens (primary N) is 1. The molecule has 3 N–H and O–H groups in total. The first-order valence-corrected chi connectivity index (χ1v) is 8.17. The smallest absolute Gasteiger partial charge is 0.259 e. The molecule has 0 unspecified atom stereocenters. The van der Waals surface area contributed by atoms with Crippen LogP contribution in [0.5, 0.6) is 0 Å². The maximum Gasteiger partial charge on any atom is 0.259 e. The Morgan fingerprint density at radius 2 is 1.88 bits per heavy atom. The van der Waals surface area contributed by atoms with E-state index in [9.17, 15) is 4.79 Å². The van der Waals surface area contributed by atoms with Crippen LogP contribution in [0.15, 0.2) is 34.9 Å². The molecule has 0 spiro atoms. The number of nitrogens with one attached hydrogen (secondary N) is 1. The molecule has 0 radical (unpaired) electrons. The Hall–Kier alpha value is -2.44. The first-order chi connectivity index (χ1) is 11.8. The van der Waals surface area contributed by atoms with Gasteiger partial charge in [-0.15, -0.1) is 12.4 Å². The van der Waals surface area contributed by atoms with Gasteiger partial charge in [0.2, 0.25) is 0 Å². The van der Waals surface area contributed by atoms with Crippen LogP contribution in [-0.2, 0) is 0 Å². The molecule has 1 amide bonds. The molecule has 6 nitrogen and oxygen atoms in total. The number of aromatic nitrogens is 2. The quantitative estimate of drug-likeness (QED) is 0.729. The molecular formula is C19H23ClN4O2. The topological polar surface area (TPSA) is 94.0 Å². The molecule has 2 heterocycles. The van der Waals surface area contributed by atoms with Crippen molar-refractivity contribution in [2.24, 2.45) is 5.73 Å². The van der Waals surface area contributed by atoms with E-state index in [0.29, 0.717) is 34.6 Å². The molecule has 0 aliphatic rings. The van der Waals surface area contributed by atoms with Gasteiger partial charge in [0.15, 0.2) is 0 Å². The van der Waals surface area contributed by atoms with Crippen LogP contribution in [0.25, 0.3) is 22.4 Å². The second-order valence-corrected chi connectivity index (χ2v) is 6.91. The summed E-state index contributed by atoms with van der Waals surface area (Å²) in [4.78, 5) is 17.4. The Bertz CT molecular complexity index is 933. The molecule has 0 bridgehead atoms. The summed E-state index contributed by atoms with van der Waals surface area (Å²) in [6, 6.07) is 9.73. The van der Waals surface area contributed by atoms with Gasteiger partial charge in [-0.1, -0.05) is 35.0 Å². The Labute approximate surface area is 158 Å². The second kappa shape index (κ2) is 7.43. The minimum Gasteiger partial charge on any atom is -0.346 e. The van der Waals surface area contributed by atoms with Crippen molar-refractivity contribution >= 4 is 29.4 Å². The number of nitrogens with zero attached hydrogens (tertiary/aromatic N) is 2. The van der Waals surface area contributed by atoms with Gasteiger partial charge < -0.3 is 15.6 Å². The Kier molecular flexibility index (Phi) is 5.68. The number of hydrogen-bond acceptors (Lipinski definition) is 5. The van der Waals surface area contributed by atoms with Crippen LogP contribution in [-0.4, -0.2) is 28.1 Å². The largest absolute Gasteiger partial charge is 0.346 e. The number of halogens is 1. The number of amides is 1. The maximum absolute atomic E-state index is 12.9. The van der Waals surface area contributed by atoms with Crippen LogP contribution in [0, 0.1) is 13.8 Å². The Morgan fingerprint density at radius 3 is 2.50 bits per heavy atom. The number of fused-ring (bicyclic) bond motifs is 1. The molecule has 0 atom stereocenters. The van der Waals surface area contributed by atoms with Gasteiger partial charge in [0.25, 0.3) is 11.6 Å². The summed E-state index contributed by atoms with van der Waals surface area (Å²) >= 11 is 0. The van der Waals surface area contributed by atoms with Crippen LogP contribution in [0.4, 0.5) is 0 Å². The predicted molar refractivity (Wildman–Crippen MR) is 105 cm³/mol. The van der Waals surface area contributed by atoms with E-state index < -0.39 is 5.54 Å². The fourth-order valence-corrected chi connectivity index (χ4v) is 2.57. The molecule has 0 saturated carbocycles. The Morgan fingerprint density at radius 1 is 1.23 bits per heavy atom. The zero-order chi connectivity index (χ0) is 18.2. The lowest BCUT2D eigenvalue weighted by Gasteiger charge is -2.24. The van der Waals surface area contributed by atoms with Crippen molar-refractivity contribution in [1.82, 2.24) is 15.5 Å². The molecule has 3 aromatic rings. The van der Waals surface area contributed by atoms with Gasteiger partial charge >= 0.3 is 0 Å². The van der Waals surface area contributed by atoms with Gasteiger partial charge in [-0.05, 0) is 33.8 Å². The van der Waals surface area contributed by atoms with E-state index in [-0.39, 0.29) is 18.3 Å². The van der Waals surface area contributed by atoms with Crippen molar-refractivity contribution in [1.29, 1.82) is 0 Å². The first-order valence-electron chi connectivity index (χ1n) is 8.17. The summed E-state index contributed by atoms with van der Waals surface area (Å²) in [7, 11) is 0. The highest BCUT2D eigenvalue weighted by Crippen LogP contribution is 2.27. The van der Waals surface area contributed by atoms with Crippen LogP contribution in [0.1, 0.15) is 35.5 Å². The van der Waals surface area contributed by atoms with Gasteiger partial charge in [-0.2, -0.15) is 0 Å². The summed E-state index contributed by atoms with van der Waals surface area (Å²) in [5.41, 5.74) is 9.43. The molecule has 0 aliphatic carbocycles. The summed E-state index contributed by atoms with van der Waals surface area (Å²) < 4.78 is 5.32. The highest BCUT2D eigenvalue weighted by atomic mass is 35.5. The van der Waals surface area contributed by atoms with Gasteiger partial charge in [-0.25, -0.2) is 4.98 Å². The maximum atomic E-state index is 12.9. The third-order valence-corrected chi connectivity index (χ3v) is 4.17. The molecule has 0 saturated heterocycles. The summed E-state index contributed by atoms with van der Waals surface area (Å²) in [6.45, 7) is 7.91. The summed E-state index contributed by atoms with van der Waals surface area (Å²) in [5.74, 6) is -0.220. The Balaban J connectivity index is 0.00000243. The third-order valence-electron chi connectivity index (χ3n) is 4.17. The number of hydrogen-bond donors (Lipinski definition) is 2. The van der Waals surface area contributed by atoms with E-state index in [4.69, 9.17) is 10.3 Å². The van der Waals surface area contributed by atoms with Crippen molar-refractivity contribution in [3.63, 3.8) is 0 Å². The van der Waals surface area contributed by atoms with Gasteiger partial charge in [-0.3, -0.25) is 4.79 Å². The van der Waals surface area contributed by atoms with Crippen LogP contribution >= 0.6 is 12.4 Å². The van der Waals surface area contributed by atoms with E-state index in [2.05, 4.69) is 15.5 Å². The molecule has 7 heteroatoms. The SMILES string of the molecule is Cc1ccc(-c2cc(C(=O)NC(C)(C)CN)c3c(C)noc3n2)cc1.Cl. The monoisotopic (exact) mass is 374 g/mol. The van der Waals surface area contributed by atoms with Crippen LogP contribution in [0.2, 0.25) is 0 Å². The summed E-state index contributed by atoms with van der Waals surface area (Å²) in [6.07, 6.45) is 0. The fraction of sp³-hybridized carbons (Fsp3) is 0.316. The molecule has 26 heavy (non-hydrogen) atoms. The normalized spacial score (nSPS) is 11.3. The number of rotatable bonds is 4. The van der Waals surface area contributed by atoms with E-state index >= 15 is 0 Å². The molecule has 3 rings (SSSR count). The van der Waals surface area contributed by atoms with Gasteiger partial charge in [0.05, 0.1) is 22.3 Å². The fourth-order valence-electron chi connectivity index (χ4n) is 2.57. The zero-order valence-electron chi connectivity index (χ0n) is 15.3. The van der Waals surface area contributed by atoms with E-state index in [0.717, 1.165) is 11.1 Å². The molecule has 0 fully saturated rings. The molecular weight excluding hydrogens is 352 g/mol.